The normalized spacial score (nSPS) is 19.6. The Morgan fingerprint density at radius 3 is 2.52 bits per heavy atom. The summed E-state index contributed by atoms with van der Waals surface area (Å²) in [4.78, 5) is 22.5. The van der Waals surface area contributed by atoms with Crippen LogP contribution < -0.4 is 11.3 Å². The molecule has 3 aromatic rings. The third-order valence-electron chi connectivity index (χ3n) is 5.94. The van der Waals surface area contributed by atoms with E-state index in [9.17, 15) is 13.2 Å². The van der Waals surface area contributed by atoms with Gasteiger partial charge in [-0.25, -0.2) is 18.4 Å². The van der Waals surface area contributed by atoms with Crippen LogP contribution in [0.3, 0.4) is 0 Å². The highest BCUT2D eigenvalue weighted by molar-refractivity contribution is 7.90. The lowest BCUT2D eigenvalue weighted by molar-refractivity contribution is 0.295. The number of hydrogen-bond acceptors (Lipinski definition) is 6. The van der Waals surface area contributed by atoms with Gasteiger partial charge >= 0.3 is 0 Å². The van der Waals surface area contributed by atoms with Crippen molar-refractivity contribution in [1.82, 2.24) is 14.5 Å². The van der Waals surface area contributed by atoms with Gasteiger partial charge in [0.2, 0.25) is 0 Å². The van der Waals surface area contributed by atoms with Gasteiger partial charge < -0.3 is 5.73 Å². The van der Waals surface area contributed by atoms with Crippen molar-refractivity contribution < 1.29 is 8.42 Å². The van der Waals surface area contributed by atoms with E-state index >= 15 is 0 Å². The van der Waals surface area contributed by atoms with E-state index in [1.807, 2.05) is 0 Å². The summed E-state index contributed by atoms with van der Waals surface area (Å²) in [6, 6.07) is 6.40. The first-order valence-corrected chi connectivity index (χ1v) is 12.5. The molecule has 2 heterocycles. The van der Waals surface area contributed by atoms with Gasteiger partial charge in [0.05, 0.1) is 4.90 Å². The summed E-state index contributed by atoms with van der Waals surface area (Å²) >= 11 is 6.42. The average molecular weight is 461 g/mol. The first kappa shape index (κ1) is 21.9. The van der Waals surface area contributed by atoms with Crippen LogP contribution in [0.5, 0.6) is 0 Å². The number of fused-ring (bicyclic) bond motifs is 1. The molecule has 0 atom stereocenters. The van der Waals surface area contributed by atoms with Crippen LogP contribution in [-0.2, 0) is 16.4 Å². The third kappa shape index (κ3) is 4.51. The lowest BCUT2D eigenvalue weighted by atomic mass is 9.86. The van der Waals surface area contributed by atoms with Crippen LogP contribution in [0.25, 0.3) is 22.2 Å². The van der Waals surface area contributed by atoms with E-state index in [1.54, 1.807) is 29.8 Å². The highest BCUT2D eigenvalue weighted by Gasteiger charge is 2.22. The molecule has 2 N–H and O–H groups in total. The van der Waals surface area contributed by atoms with Crippen LogP contribution in [-0.4, -0.2) is 35.3 Å². The molecule has 4 rings (SSSR count). The Hall–Kier alpha value is -2.29. The summed E-state index contributed by atoms with van der Waals surface area (Å²) < 4.78 is 25.4. The smallest absolute Gasteiger partial charge is 0.260 e. The second kappa shape index (κ2) is 8.33. The summed E-state index contributed by atoms with van der Waals surface area (Å²) in [7, 11) is -3.40. The summed E-state index contributed by atoms with van der Waals surface area (Å²) in [5.41, 5.74) is 7.33. The average Bonchev–Trinajstić information content (AvgIpc) is 2.71. The van der Waals surface area contributed by atoms with Gasteiger partial charge in [-0.3, -0.25) is 9.36 Å². The number of nitrogens with two attached hydrogens (primary N) is 1. The molecule has 1 aliphatic carbocycles. The van der Waals surface area contributed by atoms with Crippen molar-refractivity contribution in [2.75, 3.05) is 6.26 Å². The summed E-state index contributed by atoms with van der Waals surface area (Å²) in [6.45, 7) is 2.34. The van der Waals surface area contributed by atoms with E-state index in [2.05, 4.69) is 9.97 Å². The van der Waals surface area contributed by atoms with E-state index < -0.39 is 9.84 Å². The molecule has 0 radical (unpaired) electrons. The van der Waals surface area contributed by atoms with E-state index in [-0.39, 0.29) is 21.5 Å². The molecule has 9 heteroatoms. The maximum absolute atomic E-state index is 13.6. The Kier molecular flexibility index (Phi) is 5.89. The molecule has 2 aromatic heterocycles. The summed E-state index contributed by atoms with van der Waals surface area (Å²) in [5, 5.41) is 0.943. The summed E-state index contributed by atoms with van der Waals surface area (Å²) in [5.74, 6) is 0.934. The number of aryl methyl sites for hydroxylation is 1. The molecule has 7 nitrogen and oxygen atoms in total. The van der Waals surface area contributed by atoms with Gasteiger partial charge in [0.1, 0.15) is 11.5 Å². The number of halogens is 1. The van der Waals surface area contributed by atoms with E-state index in [1.165, 1.54) is 12.1 Å². The molecule has 31 heavy (non-hydrogen) atoms. The van der Waals surface area contributed by atoms with Crippen LogP contribution in [0, 0.1) is 12.8 Å². The van der Waals surface area contributed by atoms with Crippen LogP contribution in [0.15, 0.2) is 40.2 Å². The van der Waals surface area contributed by atoms with Crippen molar-refractivity contribution in [3.05, 3.63) is 51.7 Å². The fourth-order valence-corrected chi connectivity index (χ4v) is 5.17. The minimum absolute atomic E-state index is 0.111. The molecule has 0 spiro atoms. The maximum Gasteiger partial charge on any atom is 0.260 e. The van der Waals surface area contributed by atoms with Gasteiger partial charge in [0.25, 0.3) is 5.56 Å². The SMILES string of the molecule is Cc1ncc2cc(-c3ccc(S(C)(=O)=O)cc3Cl)c(=O)n(CC3CCC(N)CC3)c2n1. The zero-order valence-corrected chi connectivity index (χ0v) is 19.1. The zero-order chi connectivity index (χ0) is 22.3. The Labute approximate surface area is 186 Å². The van der Waals surface area contributed by atoms with Crippen LogP contribution in [0.4, 0.5) is 0 Å². The van der Waals surface area contributed by atoms with Gasteiger partial charge in [0, 0.05) is 46.6 Å². The lowest BCUT2D eigenvalue weighted by Gasteiger charge is -2.27. The Morgan fingerprint density at radius 1 is 1.16 bits per heavy atom. The van der Waals surface area contributed by atoms with Gasteiger partial charge in [-0.05, 0) is 56.7 Å². The predicted octanol–water partition coefficient (Wildman–Crippen LogP) is 3.34. The van der Waals surface area contributed by atoms with Crippen LogP contribution in [0.1, 0.15) is 31.5 Å². The van der Waals surface area contributed by atoms with E-state index in [0.29, 0.717) is 35.1 Å². The number of rotatable bonds is 4. The first-order chi connectivity index (χ1) is 14.6. The number of aromatic nitrogens is 3. The van der Waals surface area contributed by atoms with Crippen molar-refractivity contribution in [3.63, 3.8) is 0 Å². The number of nitrogens with zero attached hydrogens (tertiary/aromatic N) is 3. The number of benzene rings is 1. The largest absolute Gasteiger partial charge is 0.328 e. The second-order valence-electron chi connectivity index (χ2n) is 8.36. The fourth-order valence-electron chi connectivity index (χ4n) is 4.18. The van der Waals surface area contributed by atoms with Gasteiger partial charge in [-0.1, -0.05) is 17.7 Å². The summed E-state index contributed by atoms with van der Waals surface area (Å²) in [6.07, 6.45) is 6.65. The molecule has 0 amide bonds. The molecular formula is C22H25ClN4O3S. The zero-order valence-electron chi connectivity index (χ0n) is 17.5. The van der Waals surface area contributed by atoms with Crippen molar-refractivity contribution in [2.45, 2.75) is 50.1 Å². The molecule has 0 aliphatic heterocycles. The molecule has 1 aromatic carbocycles. The maximum atomic E-state index is 13.6. The van der Waals surface area contributed by atoms with Crippen LogP contribution in [0.2, 0.25) is 5.02 Å². The first-order valence-electron chi connectivity index (χ1n) is 10.3. The molecule has 0 unspecified atom stereocenters. The van der Waals surface area contributed by atoms with Gasteiger partial charge in [-0.2, -0.15) is 0 Å². The topological polar surface area (TPSA) is 108 Å². The predicted molar refractivity (Wildman–Crippen MR) is 122 cm³/mol. The molecule has 164 valence electrons. The minimum Gasteiger partial charge on any atom is -0.328 e. The second-order valence-corrected chi connectivity index (χ2v) is 10.8. The fraction of sp³-hybridized carbons (Fsp3) is 0.409. The quantitative estimate of drug-likeness (QED) is 0.639. The Balaban J connectivity index is 1.87. The standard InChI is InChI=1S/C22H25ClN4O3S/c1-13-25-11-15-9-19(18-8-7-17(10-20(18)23)31(2,29)30)22(28)27(21(15)26-13)12-14-3-5-16(24)6-4-14/h7-11,14,16H,3-6,12,24H2,1-2H3. The number of hydrogen-bond donors (Lipinski definition) is 1. The van der Waals surface area contributed by atoms with E-state index in [4.69, 9.17) is 17.3 Å². The lowest BCUT2D eigenvalue weighted by Crippen LogP contribution is -2.31. The number of pyridine rings is 1. The van der Waals surface area contributed by atoms with Crippen LogP contribution >= 0.6 is 11.6 Å². The Morgan fingerprint density at radius 2 is 1.87 bits per heavy atom. The highest BCUT2D eigenvalue weighted by atomic mass is 35.5. The molecule has 0 saturated heterocycles. The van der Waals surface area contributed by atoms with Gasteiger partial charge in [0.15, 0.2) is 9.84 Å². The molecule has 0 bridgehead atoms. The Bertz CT molecular complexity index is 1310. The highest BCUT2D eigenvalue weighted by Crippen LogP contribution is 2.31. The number of sulfone groups is 1. The molecule has 1 fully saturated rings. The third-order valence-corrected chi connectivity index (χ3v) is 7.36. The monoisotopic (exact) mass is 460 g/mol. The molecular weight excluding hydrogens is 436 g/mol. The van der Waals surface area contributed by atoms with Crippen molar-refractivity contribution in [3.8, 4) is 11.1 Å². The molecule has 1 aliphatic rings. The van der Waals surface area contributed by atoms with Crippen molar-refractivity contribution in [1.29, 1.82) is 0 Å². The molecule has 1 saturated carbocycles. The minimum atomic E-state index is -3.40. The van der Waals surface area contributed by atoms with E-state index in [0.717, 1.165) is 37.3 Å². The van der Waals surface area contributed by atoms with Crippen molar-refractivity contribution >= 4 is 32.5 Å². The van der Waals surface area contributed by atoms with Crippen molar-refractivity contribution in [2.24, 2.45) is 11.7 Å². The van der Waals surface area contributed by atoms with Gasteiger partial charge in [-0.15, -0.1) is 0 Å².